The van der Waals surface area contributed by atoms with Gasteiger partial charge in [-0.3, -0.25) is 19.1 Å². The predicted octanol–water partition coefficient (Wildman–Crippen LogP) is 1.19. The van der Waals surface area contributed by atoms with Crippen molar-refractivity contribution in [1.29, 1.82) is 0 Å². The zero-order valence-corrected chi connectivity index (χ0v) is 17.1. The summed E-state index contributed by atoms with van der Waals surface area (Å²) < 4.78 is 1.59. The molecule has 0 saturated carbocycles. The van der Waals surface area contributed by atoms with E-state index in [0.717, 1.165) is 11.1 Å². The van der Waals surface area contributed by atoms with Crippen molar-refractivity contribution in [1.82, 2.24) is 25.3 Å². The molecule has 29 heavy (non-hydrogen) atoms. The number of hydrogen-bond acceptors (Lipinski definition) is 4. The summed E-state index contributed by atoms with van der Waals surface area (Å²) in [6.07, 6.45) is 4.57. The maximum Gasteiger partial charge on any atom is 0.254 e. The molecule has 1 aliphatic heterocycles. The molecule has 0 atom stereocenters. The van der Waals surface area contributed by atoms with Crippen molar-refractivity contribution in [2.24, 2.45) is 7.05 Å². The largest absolute Gasteiger partial charge is 0.349 e. The molecule has 1 aromatic carbocycles. The van der Waals surface area contributed by atoms with Crippen LogP contribution in [0.3, 0.4) is 0 Å². The van der Waals surface area contributed by atoms with Gasteiger partial charge in [-0.1, -0.05) is 17.2 Å². The molecular formula is C21H27N5O3. The third-order valence-corrected chi connectivity index (χ3v) is 5.03. The van der Waals surface area contributed by atoms with Gasteiger partial charge in [-0.15, -0.1) is 0 Å². The summed E-state index contributed by atoms with van der Waals surface area (Å²) in [6, 6.07) is 5.64. The second-order valence-electron chi connectivity index (χ2n) is 7.59. The lowest BCUT2D eigenvalue weighted by molar-refractivity contribution is -0.131. The number of nitrogens with one attached hydrogen (secondary N) is 2. The van der Waals surface area contributed by atoms with Gasteiger partial charge in [0.2, 0.25) is 5.91 Å². The molecule has 0 radical (unpaired) electrons. The van der Waals surface area contributed by atoms with Gasteiger partial charge < -0.3 is 15.5 Å². The first-order valence-corrected chi connectivity index (χ1v) is 9.75. The van der Waals surface area contributed by atoms with E-state index in [1.807, 2.05) is 32.0 Å². The van der Waals surface area contributed by atoms with Crippen LogP contribution in [-0.4, -0.2) is 58.1 Å². The number of carbonyl (C=O) groups is 3. The third-order valence-electron chi connectivity index (χ3n) is 5.03. The Balaban J connectivity index is 1.44. The molecule has 8 heteroatoms. The van der Waals surface area contributed by atoms with Gasteiger partial charge >= 0.3 is 0 Å². The molecule has 0 bridgehead atoms. The summed E-state index contributed by atoms with van der Waals surface area (Å²) in [7, 11) is 1.76. The first-order valence-electron chi connectivity index (χ1n) is 9.75. The fraction of sp³-hybridized carbons (Fsp3) is 0.429. The Bertz CT molecular complexity index is 893. The molecule has 8 nitrogen and oxygen atoms in total. The number of likely N-dealkylation sites (tertiary alicyclic amines) is 1. The average Bonchev–Trinajstić information content (AvgIpc) is 3.12. The topological polar surface area (TPSA) is 96.3 Å². The van der Waals surface area contributed by atoms with Crippen molar-refractivity contribution in [3.05, 3.63) is 52.8 Å². The summed E-state index contributed by atoms with van der Waals surface area (Å²) in [5, 5.41) is 9.70. The van der Waals surface area contributed by atoms with Gasteiger partial charge in [0, 0.05) is 37.9 Å². The molecule has 1 fully saturated rings. The second kappa shape index (κ2) is 8.89. The quantitative estimate of drug-likeness (QED) is 0.792. The van der Waals surface area contributed by atoms with E-state index in [1.54, 1.807) is 22.8 Å². The first-order chi connectivity index (χ1) is 13.8. The van der Waals surface area contributed by atoms with Gasteiger partial charge in [0.1, 0.15) is 0 Å². The van der Waals surface area contributed by atoms with Crippen LogP contribution in [0.25, 0.3) is 0 Å². The smallest absolute Gasteiger partial charge is 0.254 e. The number of aryl methyl sites for hydroxylation is 3. The maximum absolute atomic E-state index is 12.4. The van der Waals surface area contributed by atoms with Crippen LogP contribution >= 0.6 is 0 Å². The van der Waals surface area contributed by atoms with Crippen molar-refractivity contribution in [3.63, 3.8) is 0 Å². The number of hydrogen-bond donors (Lipinski definition) is 2. The first kappa shape index (κ1) is 20.6. The number of rotatable bonds is 5. The molecule has 0 spiro atoms. The van der Waals surface area contributed by atoms with Gasteiger partial charge in [-0.05, 0) is 38.8 Å². The van der Waals surface area contributed by atoms with Crippen molar-refractivity contribution in [2.75, 3.05) is 19.6 Å². The maximum atomic E-state index is 12.4. The zero-order chi connectivity index (χ0) is 21.0. The summed E-state index contributed by atoms with van der Waals surface area (Å²) in [5.74, 6) is -0.507. The minimum absolute atomic E-state index is 0.0246. The molecule has 0 aliphatic carbocycles. The summed E-state index contributed by atoms with van der Waals surface area (Å²) in [6.45, 7) is 4.95. The molecule has 3 rings (SSSR count). The lowest BCUT2D eigenvalue weighted by Gasteiger charge is -2.32. The third kappa shape index (κ3) is 5.43. The molecule has 2 N–H and O–H groups in total. The Hall–Kier alpha value is -3.16. The minimum Gasteiger partial charge on any atom is -0.349 e. The van der Waals surface area contributed by atoms with E-state index in [0.29, 0.717) is 37.1 Å². The predicted molar refractivity (Wildman–Crippen MR) is 109 cm³/mol. The highest BCUT2D eigenvalue weighted by molar-refractivity contribution is 5.97. The number of nitrogens with zero attached hydrogens (tertiary/aromatic N) is 3. The van der Waals surface area contributed by atoms with Gasteiger partial charge in [0.15, 0.2) is 0 Å². The Morgan fingerprint density at radius 1 is 1.03 bits per heavy atom. The Labute approximate surface area is 170 Å². The fourth-order valence-electron chi connectivity index (χ4n) is 3.56. The summed E-state index contributed by atoms with van der Waals surface area (Å²) in [5.41, 5.74) is 3.11. The van der Waals surface area contributed by atoms with Crippen LogP contribution in [0.4, 0.5) is 0 Å². The van der Waals surface area contributed by atoms with E-state index in [1.165, 1.54) is 6.20 Å². The average molecular weight is 397 g/mol. The van der Waals surface area contributed by atoms with Crippen LogP contribution in [-0.2, 0) is 11.8 Å². The number of benzene rings is 1. The summed E-state index contributed by atoms with van der Waals surface area (Å²) in [4.78, 5) is 38.7. The highest BCUT2D eigenvalue weighted by Gasteiger charge is 2.24. The highest BCUT2D eigenvalue weighted by Crippen LogP contribution is 2.12. The monoisotopic (exact) mass is 397 g/mol. The van der Waals surface area contributed by atoms with Crippen molar-refractivity contribution in [3.8, 4) is 0 Å². The molecular weight excluding hydrogens is 370 g/mol. The van der Waals surface area contributed by atoms with E-state index >= 15 is 0 Å². The number of amides is 3. The molecule has 154 valence electrons. The highest BCUT2D eigenvalue weighted by atomic mass is 16.2. The molecule has 1 aromatic heterocycles. The van der Waals surface area contributed by atoms with Crippen LogP contribution in [0.2, 0.25) is 0 Å². The SMILES string of the molecule is Cc1cc(C)cc(C(=O)NCC(=O)N2CCC(NC(=O)c3cnn(C)c3)CC2)c1. The molecule has 1 saturated heterocycles. The van der Waals surface area contributed by atoms with E-state index in [-0.39, 0.29) is 30.3 Å². The van der Waals surface area contributed by atoms with E-state index < -0.39 is 0 Å². The van der Waals surface area contributed by atoms with Crippen LogP contribution in [0, 0.1) is 13.8 Å². The molecule has 1 aliphatic rings. The molecule has 0 unspecified atom stereocenters. The fourth-order valence-corrected chi connectivity index (χ4v) is 3.56. The standard InChI is InChI=1S/C21H27N5O3/c1-14-8-15(2)10-16(9-14)20(28)22-12-19(27)26-6-4-18(5-7-26)24-21(29)17-11-23-25(3)13-17/h8-11,13,18H,4-7,12H2,1-3H3,(H,22,28)(H,24,29). The Kier molecular flexibility index (Phi) is 6.31. The van der Waals surface area contributed by atoms with Crippen LogP contribution < -0.4 is 10.6 Å². The lowest BCUT2D eigenvalue weighted by Crippen LogP contribution is -2.49. The van der Waals surface area contributed by atoms with Gasteiger partial charge in [0.05, 0.1) is 18.3 Å². The van der Waals surface area contributed by atoms with E-state index in [9.17, 15) is 14.4 Å². The van der Waals surface area contributed by atoms with Gasteiger partial charge in [-0.25, -0.2) is 0 Å². The lowest BCUT2D eigenvalue weighted by atomic mass is 10.0. The Morgan fingerprint density at radius 3 is 2.28 bits per heavy atom. The summed E-state index contributed by atoms with van der Waals surface area (Å²) >= 11 is 0. The number of piperidine rings is 1. The minimum atomic E-state index is -0.247. The van der Waals surface area contributed by atoms with Crippen molar-refractivity contribution >= 4 is 17.7 Å². The van der Waals surface area contributed by atoms with E-state index in [4.69, 9.17) is 0 Å². The molecule has 2 aromatic rings. The van der Waals surface area contributed by atoms with Crippen molar-refractivity contribution < 1.29 is 14.4 Å². The molecule has 3 amide bonds. The van der Waals surface area contributed by atoms with Gasteiger partial charge in [-0.2, -0.15) is 5.10 Å². The van der Waals surface area contributed by atoms with Crippen LogP contribution in [0.5, 0.6) is 0 Å². The Morgan fingerprint density at radius 2 is 1.69 bits per heavy atom. The number of carbonyl (C=O) groups excluding carboxylic acids is 3. The number of aromatic nitrogens is 2. The zero-order valence-electron chi connectivity index (χ0n) is 17.1. The van der Waals surface area contributed by atoms with Crippen molar-refractivity contribution in [2.45, 2.75) is 32.7 Å². The molecule has 2 heterocycles. The van der Waals surface area contributed by atoms with E-state index in [2.05, 4.69) is 15.7 Å². The second-order valence-corrected chi connectivity index (χ2v) is 7.59. The normalized spacial score (nSPS) is 14.5. The van der Waals surface area contributed by atoms with Crippen LogP contribution in [0.1, 0.15) is 44.7 Å². The van der Waals surface area contributed by atoms with Crippen LogP contribution in [0.15, 0.2) is 30.6 Å². The van der Waals surface area contributed by atoms with Gasteiger partial charge in [0.25, 0.3) is 11.8 Å².